The van der Waals surface area contributed by atoms with Gasteiger partial charge >= 0.3 is 0 Å². The second-order valence-electron chi connectivity index (χ2n) is 9.35. The number of hydrogen-bond acceptors (Lipinski definition) is 5. The van der Waals surface area contributed by atoms with Gasteiger partial charge in [-0.05, 0) is 36.0 Å². The molecule has 7 heteroatoms. The number of likely N-dealkylation sites (tertiary alicyclic amines) is 1. The molecule has 2 amide bonds. The highest BCUT2D eigenvalue weighted by molar-refractivity contribution is 5.98. The lowest BCUT2D eigenvalue weighted by Crippen LogP contribution is -2.47. The number of rotatable bonds is 6. The predicted octanol–water partition coefficient (Wildman–Crippen LogP) is 3.25. The molecule has 0 bridgehead atoms. The van der Waals surface area contributed by atoms with Gasteiger partial charge < -0.3 is 24.0 Å². The molecule has 1 aromatic carbocycles. The Balaban J connectivity index is 1.35. The lowest BCUT2D eigenvalue weighted by Gasteiger charge is -2.37. The largest absolute Gasteiger partial charge is 0.482 e. The van der Waals surface area contributed by atoms with Gasteiger partial charge in [0.2, 0.25) is 5.91 Å². The smallest absolute Gasteiger partial charge is 0.265 e. The molecule has 31 heavy (non-hydrogen) atoms. The fourth-order valence-corrected chi connectivity index (χ4v) is 4.50. The second-order valence-corrected chi connectivity index (χ2v) is 9.35. The normalized spacial score (nSPS) is 20.7. The third-order valence-electron chi connectivity index (χ3n) is 7.03. The molecule has 0 saturated carbocycles. The van der Waals surface area contributed by atoms with E-state index in [4.69, 9.17) is 14.2 Å². The van der Waals surface area contributed by atoms with Crippen LogP contribution in [0.25, 0.3) is 0 Å². The van der Waals surface area contributed by atoms with Crippen molar-refractivity contribution in [3.05, 3.63) is 23.8 Å². The van der Waals surface area contributed by atoms with Crippen molar-refractivity contribution < 1.29 is 23.8 Å². The number of hydrogen-bond donors (Lipinski definition) is 0. The molecule has 3 aliphatic rings. The van der Waals surface area contributed by atoms with Crippen molar-refractivity contribution >= 4 is 17.5 Å². The fraction of sp³-hybridized carbons (Fsp3) is 0.667. The van der Waals surface area contributed by atoms with Crippen LogP contribution in [-0.4, -0.2) is 62.0 Å². The SMILES string of the molecule is CCC(C)(C)c1ccc2c(c1)N(CCCC(=O)N1CCC3(CC1)OCCO3)C(=O)CO2. The molecule has 0 aromatic heterocycles. The minimum Gasteiger partial charge on any atom is -0.482 e. The molecule has 1 aromatic rings. The van der Waals surface area contributed by atoms with E-state index in [-0.39, 0.29) is 23.8 Å². The summed E-state index contributed by atoms with van der Waals surface area (Å²) >= 11 is 0. The number of amides is 2. The number of carbonyl (C=O) groups is 2. The number of anilines is 1. The Morgan fingerprint density at radius 1 is 1.16 bits per heavy atom. The van der Waals surface area contributed by atoms with Crippen LogP contribution in [0, 0.1) is 0 Å². The Hall–Kier alpha value is -2.12. The van der Waals surface area contributed by atoms with Crippen molar-refractivity contribution in [2.75, 3.05) is 44.4 Å². The topological polar surface area (TPSA) is 68.3 Å². The molecule has 3 heterocycles. The summed E-state index contributed by atoms with van der Waals surface area (Å²) in [6.07, 6.45) is 3.51. The van der Waals surface area contributed by atoms with Crippen LogP contribution in [0.1, 0.15) is 58.4 Å². The van der Waals surface area contributed by atoms with E-state index in [1.165, 1.54) is 5.56 Å². The molecule has 0 atom stereocenters. The monoisotopic (exact) mass is 430 g/mol. The van der Waals surface area contributed by atoms with E-state index in [1.807, 2.05) is 11.0 Å². The van der Waals surface area contributed by atoms with Crippen LogP contribution in [0.4, 0.5) is 5.69 Å². The summed E-state index contributed by atoms with van der Waals surface area (Å²) in [5, 5.41) is 0. The highest BCUT2D eigenvalue weighted by Crippen LogP contribution is 2.38. The van der Waals surface area contributed by atoms with E-state index in [9.17, 15) is 9.59 Å². The van der Waals surface area contributed by atoms with Crippen molar-refractivity contribution in [1.29, 1.82) is 0 Å². The van der Waals surface area contributed by atoms with E-state index in [0.29, 0.717) is 45.7 Å². The van der Waals surface area contributed by atoms with Crippen LogP contribution in [0.3, 0.4) is 0 Å². The molecule has 0 N–H and O–H groups in total. The van der Waals surface area contributed by atoms with Gasteiger partial charge in [-0.1, -0.05) is 26.8 Å². The first-order valence-corrected chi connectivity index (χ1v) is 11.5. The molecule has 3 aliphatic heterocycles. The van der Waals surface area contributed by atoms with Crippen LogP contribution < -0.4 is 9.64 Å². The molecule has 1 spiro atoms. The van der Waals surface area contributed by atoms with Gasteiger partial charge in [-0.2, -0.15) is 0 Å². The Morgan fingerprint density at radius 2 is 1.87 bits per heavy atom. The average molecular weight is 431 g/mol. The van der Waals surface area contributed by atoms with Gasteiger partial charge in [-0.3, -0.25) is 9.59 Å². The van der Waals surface area contributed by atoms with Crippen molar-refractivity contribution in [3.63, 3.8) is 0 Å². The van der Waals surface area contributed by atoms with Crippen molar-refractivity contribution in [1.82, 2.24) is 4.90 Å². The maximum absolute atomic E-state index is 12.7. The number of benzene rings is 1. The van der Waals surface area contributed by atoms with Gasteiger partial charge in [-0.25, -0.2) is 0 Å². The molecular weight excluding hydrogens is 396 g/mol. The maximum atomic E-state index is 12.7. The summed E-state index contributed by atoms with van der Waals surface area (Å²) < 4.78 is 17.1. The van der Waals surface area contributed by atoms with E-state index in [1.54, 1.807) is 4.90 Å². The summed E-state index contributed by atoms with van der Waals surface area (Å²) in [6.45, 7) is 9.73. The summed E-state index contributed by atoms with van der Waals surface area (Å²) in [5.41, 5.74) is 2.03. The third-order valence-corrected chi connectivity index (χ3v) is 7.03. The Labute approximate surface area is 184 Å². The first-order chi connectivity index (χ1) is 14.8. The molecule has 0 aliphatic carbocycles. The minimum absolute atomic E-state index is 0.0233. The number of ether oxygens (including phenoxy) is 3. The number of carbonyl (C=O) groups excluding carboxylic acids is 2. The Kier molecular flexibility index (Phi) is 6.26. The summed E-state index contributed by atoms with van der Waals surface area (Å²) in [6, 6.07) is 6.12. The Bertz CT molecular complexity index is 821. The predicted molar refractivity (Wildman–Crippen MR) is 117 cm³/mol. The van der Waals surface area contributed by atoms with Gasteiger partial charge in [-0.15, -0.1) is 0 Å². The zero-order valence-electron chi connectivity index (χ0n) is 18.9. The molecule has 0 radical (unpaired) electrons. The van der Waals surface area contributed by atoms with Crippen molar-refractivity contribution in [3.8, 4) is 5.75 Å². The molecular formula is C24H34N2O5. The van der Waals surface area contributed by atoms with E-state index >= 15 is 0 Å². The molecule has 2 saturated heterocycles. The summed E-state index contributed by atoms with van der Waals surface area (Å²) in [7, 11) is 0. The lowest BCUT2D eigenvalue weighted by atomic mass is 9.82. The highest BCUT2D eigenvalue weighted by atomic mass is 16.7. The molecule has 4 rings (SSSR count). The first kappa shape index (κ1) is 22.1. The standard InChI is InChI=1S/C24H34N2O5/c1-4-23(2,3)18-7-8-20-19(16-18)26(22(28)17-29-20)11-5-6-21(27)25-12-9-24(10-13-25)30-14-15-31-24/h7-8,16H,4-6,9-15,17H2,1-3H3. The minimum atomic E-state index is -0.468. The van der Waals surface area contributed by atoms with Gasteiger partial charge in [0.25, 0.3) is 5.91 Å². The average Bonchev–Trinajstić information content (AvgIpc) is 3.23. The Morgan fingerprint density at radius 3 is 2.55 bits per heavy atom. The zero-order chi connectivity index (χ0) is 22.1. The van der Waals surface area contributed by atoms with E-state index < -0.39 is 5.79 Å². The second kappa shape index (κ2) is 8.79. The lowest BCUT2D eigenvalue weighted by molar-refractivity contribution is -0.187. The van der Waals surface area contributed by atoms with Crippen LogP contribution in [0.5, 0.6) is 5.75 Å². The molecule has 0 unspecified atom stereocenters. The van der Waals surface area contributed by atoms with Crippen molar-refractivity contribution in [2.24, 2.45) is 0 Å². The molecule has 2 fully saturated rings. The summed E-state index contributed by atoms with van der Waals surface area (Å²) in [4.78, 5) is 29.0. The van der Waals surface area contributed by atoms with Crippen LogP contribution in [0.2, 0.25) is 0 Å². The molecule has 170 valence electrons. The fourth-order valence-electron chi connectivity index (χ4n) is 4.50. The molecule has 7 nitrogen and oxygen atoms in total. The van der Waals surface area contributed by atoms with Gasteiger partial charge in [0.1, 0.15) is 5.75 Å². The van der Waals surface area contributed by atoms with E-state index in [2.05, 4.69) is 32.9 Å². The summed E-state index contributed by atoms with van der Waals surface area (Å²) in [5.74, 6) is 0.348. The number of piperidine rings is 1. The number of fused-ring (bicyclic) bond motifs is 1. The third kappa shape index (κ3) is 4.58. The van der Waals surface area contributed by atoms with Crippen LogP contribution in [0.15, 0.2) is 18.2 Å². The zero-order valence-corrected chi connectivity index (χ0v) is 18.9. The number of nitrogens with zero attached hydrogens (tertiary/aromatic N) is 2. The van der Waals surface area contributed by atoms with Gasteiger partial charge in [0.05, 0.1) is 18.9 Å². The highest BCUT2D eigenvalue weighted by Gasteiger charge is 2.40. The van der Waals surface area contributed by atoms with Crippen LogP contribution in [-0.2, 0) is 24.5 Å². The van der Waals surface area contributed by atoms with E-state index in [0.717, 1.165) is 30.7 Å². The first-order valence-electron chi connectivity index (χ1n) is 11.5. The van der Waals surface area contributed by atoms with Gasteiger partial charge in [0.15, 0.2) is 12.4 Å². The van der Waals surface area contributed by atoms with Gasteiger partial charge in [0, 0.05) is 38.9 Å². The quantitative estimate of drug-likeness (QED) is 0.693. The maximum Gasteiger partial charge on any atom is 0.265 e. The van der Waals surface area contributed by atoms with Crippen LogP contribution >= 0.6 is 0 Å². The van der Waals surface area contributed by atoms with Crippen molar-refractivity contribution in [2.45, 2.75) is 64.1 Å².